The second-order valence-corrected chi connectivity index (χ2v) is 4.40. The standard InChI is InChI=1S/C12H27N3O2/c1-6-15(7-2)9-8-14-12(4,11(13)16)10(3)17-5/h10,14H,6-9H2,1-5H3,(H2,13,16). The van der Waals surface area contributed by atoms with Gasteiger partial charge in [0.05, 0.1) is 6.10 Å². The smallest absolute Gasteiger partial charge is 0.240 e. The van der Waals surface area contributed by atoms with E-state index in [9.17, 15) is 4.79 Å². The zero-order valence-electron chi connectivity index (χ0n) is 11.7. The van der Waals surface area contributed by atoms with E-state index in [2.05, 4.69) is 24.1 Å². The monoisotopic (exact) mass is 245 g/mol. The number of methoxy groups -OCH3 is 1. The molecule has 1 amide bonds. The van der Waals surface area contributed by atoms with Crippen LogP contribution in [0.4, 0.5) is 0 Å². The molecule has 0 fully saturated rings. The van der Waals surface area contributed by atoms with Gasteiger partial charge in [-0.05, 0) is 26.9 Å². The number of nitrogens with one attached hydrogen (secondary N) is 1. The minimum atomic E-state index is -0.818. The number of likely N-dealkylation sites (N-methyl/N-ethyl adjacent to an activating group) is 1. The van der Waals surface area contributed by atoms with Gasteiger partial charge in [0, 0.05) is 20.2 Å². The number of ether oxygens (including phenoxy) is 1. The van der Waals surface area contributed by atoms with Crippen LogP contribution in [0.15, 0.2) is 0 Å². The fraction of sp³-hybridized carbons (Fsp3) is 0.917. The van der Waals surface area contributed by atoms with Gasteiger partial charge in [0.1, 0.15) is 5.54 Å². The predicted molar refractivity (Wildman–Crippen MR) is 69.9 cm³/mol. The Morgan fingerprint density at radius 1 is 1.47 bits per heavy atom. The summed E-state index contributed by atoms with van der Waals surface area (Å²) in [6.07, 6.45) is -0.253. The first-order chi connectivity index (χ1) is 7.92. The van der Waals surface area contributed by atoms with Crippen molar-refractivity contribution in [2.24, 2.45) is 5.73 Å². The highest BCUT2D eigenvalue weighted by Crippen LogP contribution is 2.12. The Morgan fingerprint density at radius 2 is 2.00 bits per heavy atom. The van der Waals surface area contributed by atoms with E-state index in [1.54, 1.807) is 14.0 Å². The van der Waals surface area contributed by atoms with E-state index >= 15 is 0 Å². The number of nitrogens with two attached hydrogens (primary N) is 1. The molecule has 102 valence electrons. The Bertz CT molecular complexity index is 232. The van der Waals surface area contributed by atoms with Crippen LogP contribution in [0.25, 0.3) is 0 Å². The Hall–Kier alpha value is -0.650. The molecule has 0 aliphatic rings. The number of nitrogens with zero attached hydrogens (tertiary/aromatic N) is 1. The second kappa shape index (κ2) is 7.63. The van der Waals surface area contributed by atoms with Gasteiger partial charge in [0.15, 0.2) is 0 Å². The lowest BCUT2D eigenvalue weighted by Gasteiger charge is -2.33. The van der Waals surface area contributed by atoms with E-state index in [1.165, 1.54) is 0 Å². The van der Waals surface area contributed by atoms with Crippen molar-refractivity contribution in [1.29, 1.82) is 0 Å². The van der Waals surface area contributed by atoms with Crippen LogP contribution in [0.1, 0.15) is 27.7 Å². The number of amides is 1. The van der Waals surface area contributed by atoms with Gasteiger partial charge in [-0.15, -0.1) is 0 Å². The summed E-state index contributed by atoms with van der Waals surface area (Å²) in [5.41, 5.74) is 4.62. The molecule has 2 atom stereocenters. The summed E-state index contributed by atoms with van der Waals surface area (Å²) in [5, 5.41) is 3.20. The molecule has 0 aliphatic carbocycles. The summed E-state index contributed by atoms with van der Waals surface area (Å²) in [7, 11) is 1.58. The van der Waals surface area contributed by atoms with E-state index in [0.717, 1.165) is 26.2 Å². The van der Waals surface area contributed by atoms with Crippen LogP contribution in [0.3, 0.4) is 0 Å². The van der Waals surface area contributed by atoms with Gasteiger partial charge in [-0.25, -0.2) is 0 Å². The first-order valence-electron chi connectivity index (χ1n) is 6.22. The maximum atomic E-state index is 11.5. The SMILES string of the molecule is CCN(CC)CCNC(C)(C(N)=O)C(C)OC. The molecule has 0 saturated heterocycles. The van der Waals surface area contributed by atoms with Crippen LogP contribution in [0, 0.1) is 0 Å². The third-order valence-electron chi connectivity index (χ3n) is 3.49. The molecular formula is C12H27N3O2. The number of carbonyl (C=O) groups is 1. The first kappa shape index (κ1) is 16.4. The van der Waals surface area contributed by atoms with Gasteiger partial charge >= 0.3 is 0 Å². The van der Waals surface area contributed by atoms with Gasteiger partial charge in [0.25, 0.3) is 0 Å². The van der Waals surface area contributed by atoms with Crippen molar-refractivity contribution in [2.45, 2.75) is 39.3 Å². The molecule has 0 bridgehead atoms. The Labute approximate surface area is 105 Å². The summed E-state index contributed by atoms with van der Waals surface area (Å²) in [6.45, 7) is 11.5. The zero-order chi connectivity index (χ0) is 13.5. The number of primary amides is 1. The third-order valence-corrected chi connectivity index (χ3v) is 3.49. The topological polar surface area (TPSA) is 67.6 Å². The van der Waals surface area contributed by atoms with Crippen molar-refractivity contribution in [3.05, 3.63) is 0 Å². The molecular weight excluding hydrogens is 218 g/mol. The highest BCUT2D eigenvalue weighted by atomic mass is 16.5. The van der Waals surface area contributed by atoms with Gasteiger partial charge in [-0.1, -0.05) is 13.8 Å². The van der Waals surface area contributed by atoms with Crippen LogP contribution in [-0.2, 0) is 9.53 Å². The fourth-order valence-electron chi connectivity index (χ4n) is 1.68. The Morgan fingerprint density at radius 3 is 2.35 bits per heavy atom. The largest absolute Gasteiger partial charge is 0.379 e. The molecule has 0 spiro atoms. The molecule has 0 saturated carbocycles. The van der Waals surface area contributed by atoms with Gasteiger partial charge in [-0.2, -0.15) is 0 Å². The fourth-order valence-corrected chi connectivity index (χ4v) is 1.68. The molecule has 17 heavy (non-hydrogen) atoms. The first-order valence-corrected chi connectivity index (χ1v) is 6.22. The van der Waals surface area contributed by atoms with Crippen molar-refractivity contribution in [3.8, 4) is 0 Å². The van der Waals surface area contributed by atoms with E-state index in [0.29, 0.717) is 0 Å². The molecule has 0 radical (unpaired) electrons. The summed E-state index contributed by atoms with van der Waals surface area (Å²) < 4.78 is 5.21. The molecule has 2 unspecified atom stereocenters. The van der Waals surface area contributed by atoms with Crippen molar-refractivity contribution < 1.29 is 9.53 Å². The summed E-state index contributed by atoms with van der Waals surface area (Å²) in [4.78, 5) is 13.8. The highest BCUT2D eigenvalue weighted by molar-refractivity contribution is 5.84. The maximum Gasteiger partial charge on any atom is 0.240 e. The van der Waals surface area contributed by atoms with Crippen LogP contribution < -0.4 is 11.1 Å². The van der Waals surface area contributed by atoms with Gasteiger partial charge in [-0.3, -0.25) is 4.79 Å². The normalized spacial score (nSPS) is 16.8. The van der Waals surface area contributed by atoms with Crippen molar-refractivity contribution in [3.63, 3.8) is 0 Å². The lowest BCUT2D eigenvalue weighted by atomic mass is 9.95. The molecule has 0 aromatic rings. The van der Waals surface area contributed by atoms with Crippen LogP contribution in [0.5, 0.6) is 0 Å². The van der Waals surface area contributed by atoms with E-state index in [4.69, 9.17) is 10.5 Å². The van der Waals surface area contributed by atoms with Crippen LogP contribution in [-0.4, -0.2) is 55.7 Å². The molecule has 0 aliphatic heterocycles. The highest BCUT2D eigenvalue weighted by Gasteiger charge is 2.36. The van der Waals surface area contributed by atoms with Crippen LogP contribution >= 0.6 is 0 Å². The number of carbonyl (C=O) groups excluding carboxylic acids is 1. The predicted octanol–water partition coefficient (Wildman–Crippen LogP) is 0.197. The minimum Gasteiger partial charge on any atom is -0.379 e. The van der Waals surface area contributed by atoms with Crippen molar-refractivity contribution in [1.82, 2.24) is 10.2 Å². The Kier molecular flexibility index (Phi) is 7.34. The molecule has 0 heterocycles. The number of hydrogen-bond donors (Lipinski definition) is 2. The molecule has 5 heteroatoms. The van der Waals surface area contributed by atoms with E-state index < -0.39 is 5.54 Å². The maximum absolute atomic E-state index is 11.5. The molecule has 3 N–H and O–H groups in total. The van der Waals surface area contributed by atoms with Gasteiger partial charge in [0.2, 0.25) is 5.91 Å². The third kappa shape index (κ3) is 4.61. The number of rotatable bonds is 9. The summed E-state index contributed by atoms with van der Waals surface area (Å²) in [5.74, 6) is -0.383. The average Bonchev–Trinajstić information content (AvgIpc) is 2.32. The Balaban J connectivity index is 4.33. The molecule has 0 aromatic carbocycles. The van der Waals surface area contributed by atoms with Crippen molar-refractivity contribution >= 4 is 5.91 Å². The van der Waals surface area contributed by atoms with Gasteiger partial charge < -0.3 is 20.7 Å². The average molecular weight is 245 g/mol. The summed E-state index contributed by atoms with van der Waals surface area (Å²) in [6, 6.07) is 0. The lowest BCUT2D eigenvalue weighted by molar-refractivity contribution is -0.129. The summed E-state index contributed by atoms with van der Waals surface area (Å²) >= 11 is 0. The second-order valence-electron chi connectivity index (χ2n) is 4.40. The number of hydrogen-bond acceptors (Lipinski definition) is 4. The minimum absolute atomic E-state index is 0.253. The molecule has 5 nitrogen and oxygen atoms in total. The van der Waals surface area contributed by atoms with Crippen molar-refractivity contribution in [2.75, 3.05) is 33.3 Å². The molecule has 0 aromatic heterocycles. The van der Waals surface area contributed by atoms with Crippen LogP contribution in [0.2, 0.25) is 0 Å². The zero-order valence-corrected chi connectivity index (χ0v) is 11.7. The van der Waals surface area contributed by atoms with E-state index in [1.807, 2.05) is 6.92 Å². The quantitative estimate of drug-likeness (QED) is 0.609. The lowest BCUT2D eigenvalue weighted by Crippen LogP contribution is -2.61. The molecule has 0 rings (SSSR count). The van der Waals surface area contributed by atoms with E-state index in [-0.39, 0.29) is 12.0 Å².